The van der Waals surface area contributed by atoms with Gasteiger partial charge in [0.15, 0.2) is 0 Å². The lowest BCUT2D eigenvalue weighted by Gasteiger charge is -2.07. The zero-order chi connectivity index (χ0) is 12.3. The van der Waals surface area contributed by atoms with Crippen molar-refractivity contribution in [1.29, 1.82) is 0 Å². The van der Waals surface area contributed by atoms with E-state index < -0.39 is 11.6 Å². The number of pyridine rings is 1. The van der Waals surface area contributed by atoms with Crippen LogP contribution in [0.15, 0.2) is 36.5 Å². The standard InChI is InChI=1S/C12H9ClF2N2/c13-12-4-1-8(7-17-12)6-16-11-5-9(14)2-3-10(11)15/h1-5,7,16H,6H2. The molecule has 0 saturated heterocycles. The fourth-order valence-corrected chi connectivity index (χ4v) is 1.45. The molecule has 0 radical (unpaired) electrons. The van der Waals surface area contributed by atoms with Gasteiger partial charge in [0, 0.05) is 12.7 Å². The number of hydrogen-bond donors (Lipinski definition) is 1. The zero-order valence-electron chi connectivity index (χ0n) is 8.75. The number of anilines is 1. The van der Waals surface area contributed by atoms with Crippen LogP contribution in [0.2, 0.25) is 5.15 Å². The maximum absolute atomic E-state index is 13.3. The molecule has 0 spiro atoms. The maximum Gasteiger partial charge on any atom is 0.146 e. The molecule has 0 amide bonds. The highest BCUT2D eigenvalue weighted by Gasteiger charge is 2.03. The van der Waals surface area contributed by atoms with Crippen molar-refractivity contribution in [3.05, 3.63) is 58.9 Å². The van der Waals surface area contributed by atoms with Crippen LogP contribution in [0.25, 0.3) is 0 Å². The van der Waals surface area contributed by atoms with Gasteiger partial charge in [-0.2, -0.15) is 0 Å². The Morgan fingerprint density at radius 1 is 1.18 bits per heavy atom. The van der Waals surface area contributed by atoms with E-state index in [-0.39, 0.29) is 5.69 Å². The van der Waals surface area contributed by atoms with Gasteiger partial charge in [-0.15, -0.1) is 0 Å². The first-order valence-electron chi connectivity index (χ1n) is 4.94. The lowest BCUT2D eigenvalue weighted by atomic mass is 10.2. The van der Waals surface area contributed by atoms with Crippen molar-refractivity contribution in [2.24, 2.45) is 0 Å². The van der Waals surface area contributed by atoms with Crippen LogP contribution in [0.3, 0.4) is 0 Å². The smallest absolute Gasteiger partial charge is 0.146 e. The summed E-state index contributed by atoms with van der Waals surface area (Å²) in [5, 5.41) is 3.19. The number of nitrogens with zero attached hydrogens (tertiary/aromatic N) is 1. The molecule has 0 aliphatic carbocycles. The minimum absolute atomic E-state index is 0.125. The first-order chi connectivity index (χ1) is 8.15. The summed E-state index contributed by atoms with van der Waals surface area (Å²) >= 11 is 5.63. The van der Waals surface area contributed by atoms with Gasteiger partial charge in [0.05, 0.1) is 5.69 Å². The van der Waals surface area contributed by atoms with E-state index in [1.54, 1.807) is 18.3 Å². The van der Waals surface area contributed by atoms with Crippen molar-refractivity contribution in [2.45, 2.75) is 6.54 Å². The molecule has 17 heavy (non-hydrogen) atoms. The van der Waals surface area contributed by atoms with Crippen LogP contribution in [0, 0.1) is 11.6 Å². The van der Waals surface area contributed by atoms with E-state index in [4.69, 9.17) is 11.6 Å². The number of hydrogen-bond acceptors (Lipinski definition) is 2. The predicted molar refractivity (Wildman–Crippen MR) is 62.9 cm³/mol. The molecule has 1 N–H and O–H groups in total. The van der Waals surface area contributed by atoms with Gasteiger partial charge in [-0.3, -0.25) is 0 Å². The summed E-state index contributed by atoms with van der Waals surface area (Å²) in [6.07, 6.45) is 1.58. The van der Waals surface area contributed by atoms with Crippen molar-refractivity contribution in [1.82, 2.24) is 4.98 Å². The lowest BCUT2D eigenvalue weighted by Crippen LogP contribution is -2.02. The molecule has 2 nitrogen and oxygen atoms in total. The van der Waals surface area contributed by atoms with E-state index in [9.17, 15) is 8.78 Å². The lowest BCUT2D eigenvalue weighted by molar-refractivity contribution is 0.602. The largest absolute Gasteiger partial charge is 0.378 e. The Bertz CT molecular complexity index is 514. The van der Waals surface area contributed by atoms with Gasteiger partial charge in [0.1, 0.15) is 16.8 Å². The summed E-state index contributed by atoms with van der Waals surface area (Å²) in [7, 11) is 0. The van der Waals surface area contributed by atoms with Crippen molar-refractivity contribution < 1.29 is 8.78 Å². The monoisotopic (exact) mass is 254 g/mol. The number of aromatic nitrogens is 1. The average Bonchev–Trinajstić information content (AvgIpc) is 2.32. The van der Waals surface area contributed by atoms with Gasteiger partial charge in [0.2, 0.25) is 0 Å². The normalized spacial score (nSPS) is 10.3. The van der Waals surface area contributed by atoms with E-state index in [2.05, 4.69) is 10.3 Å². The van der Waals surface area contributed by atoms with Crippen LogP contribution in [-0.2, 0) is 6.54 Å². The quantitative estimate of drug-likeness (QED) is 0.846. The molecule has 1 aromatic carbocycles. The molecule has 0 aliphatic heterocycles. The Morgan fingerprint density at radius 2 is 2.00 bits per heavy atom. The summed E-state index contributed by atoms with van der Waals surface area (Å²) in [5.41, 5.74) is 0.956. The molecular weight excluding hydrogens is 246 g/mol. The Hall–Kier alpha value is -1.68. The van der Waals surface area contributed by atoms with Gasteiger partial charge >= 0.3 is 0 Å². The third kappa shape index (κ3) is 3.14. The second kappa shape index (κ2) is 5.10. The Morgan fingerprint density at radius 3 is 2.71 bits per heavy atom. The molecule has 0 fully saturated rings. The number of halogens is 3. The van der Waals surface area contributed by atoms with E-state index in [1.165, 1.54) is 0 Å². The predicted octanol–water partition coefficient (Wildman–Crippen LogP) is 3.63. The van der Waals surface area contributed by atoms with Gasteiger partial charge < -0.3 is 5.32 Å². The van der Waals surface area contributed by atoms with E-state index >= 15 is 0 Å². The topological polar surface area (TPSA) is 24.9 Å². The van der Waals surface area contributed by atoms with E-state index in [0.717, 1.165) is 23.8 Å². The fourth-order valence-electron chi connectivity index (χ4n) is 1.34. The number of rotatable bonds is 3. The van der Waals surface area contributed by atoms with Crippen LogP contribution in [0.5, 0.6) is 0 Å². The Labute approximate surface area is 102 Å². The summed E-state index contributed by atoms with van der Waals surface area (Å²) in [4.78, 5) is 3.89. The van der Waals surface area contributed by atoms with Crippen molar-refractivity contribution in [3.8, 4) is 0 Å². The van der Waals surface area contributed by atoms with Crippen molar-refractivity contribution in [2.75, 3.05) is 5.32 Å². The van der Waals surface area contributed by atoms with Crippen LogP contribution >= 0.6 is 11.6 Å². The second-order valence-electron chi connectivity index (χ2n) is 3.47. The fraction of sp³-hybridized carbons (Fsp3) is 0.0833. The van der Waals surface area contributed by atoms with E-state index in [0.29, 0.717) is 11.7 Å². The highest BCUT2D eigenvalue weighted by molar-refractivity contribution is 6.29. The molecule has 0 bridgehead atoms. The van der Waals surface area contributed by atoms with Crippen LogP contribution in [0.1, 0.15) is 5.56 Å². The molecule has 5 heteroatoms. The minimum atomic E-state index is -0.492. The molecule has 2 aromatic rings. The van der Waals surface area contributed by atoms with Crippen LogP contribution in [0.4, 0.5) is 14.5 Å². The third-order valence-electron chi connectivity index (χ3n) is 2.20. The summed E-state index contributed by atoms with van der Waals surface area (Å²) in [6, 6.07) is 6.67. The number of nitrogens with one attached hydrogen (secondary N) is 1. The van der Waals surface area contributed by atoms with Gasteiger partial charge in [0.25, 0.3) is 0 Å². The molecule has 0 aliphatic rings. The van der Waals surface area contributed by atoms with Crippen molar-refractivity contribution >= 4 is 17.3 Å². The average molecular weight is 255 g/mol. The first-order valence-corrected chi connectivity index (χ1v) is 5.32. The third-order valence-corrected chi connectivity index (χ3v) is 2.42. The minimum Gasteiger partial charge on any atom is -0.378 e. The summed E-state index contributed by atoms with van der Waals surface area (Å²) < 4.78 is 26.2. The molecule has 0 atom stereocenters. The van der Waals surface area contributed by atoms with E-state index in [1.807, 2.05) is 0 Å². The highest BCUT2D eigenvalue weighted by Crippen LogP contribution is 2.16. The molecule has 1 aromatic heterocycles. The summed E-state index contributed by atoms with van der Waals surface area (Å²) in [5.74, 6) is -0.976. The maximum atomic E-state index is 13.3. The van der Waals surface area contributed by atoms with Crippen molar-refractivity contribution in [3.63, 3.8) is 0 Å². The molecule has 2 rings (SSSR count). The molecule has 0 saturated carbocycles. The van der Waals surface area contributed by atoms with Gasteiger partial charge in [-0.05, 0) is 29.8 Å². The molecule has 0 unspecified atom stereocenters. The molecular formula is C12H9ClF2N2. The molecule has 88 valence electrons. The van der Waals surface area contributed by atoms with Crippen LogP contribution in [-0.4, -0.2) is 4.98 Å². The molecule has 1 heterocycles. The van der Waals surface area contributed by atoms with Crippen LogP contribution < -0.4 is 5.32 Å². The SMILES string of the molecule is Fc1ccc(F)c(NCc2ccc(Cl)nc2)c1. The Kier molecular flexibility index (Phi) is 3.54. The summed E-state index contributed by atoms with van der Waals surface area (Å²) in [6.45, 7) is 0.352. The van der Waals surface area contributed by atoms with Gasteiger partial charge in [-0.25, -0.2) is 13.8 Å². The Balaban J connectivity index is 2.07. The van der Waals surface area contributed by atoms with Gasteiger partial charge in [-0.1, -0.05) is 17.7 Å². The second-order valence-corrected chi connectivity index (χ2v) is 3.85. The number of benzene rings is 1. The first kappa shape index (κ1) is 11.8. The highest BCUT2D eigenvalue weighted by atomic mass is 35.5. The zero-order valence-corrected chi connectivity index (χ0v) is 9.51.